The average Bonchev–Trinajstić information content (AvgIpc) is 2.96. The maximum atomic E-state index is 13.0. The van der Waals surface area contributed by atoms with E-state index >= 15 is 0 Å². The Labute approximate surface area is 179 Å². The molecule has 4 aliphatic carbocycles. The lowest BCUT2D eigenvalue weighted by molar-refractivity contribution is -0.138. The van der Waals surface area contributed by atoms with Gasteiger partial charge in [0.25, 0.3) is 11.1 Å². The Morgan fingerprint density at radius 3 is 2.33 bits per heavy atom. The summed E-state index contributed by atoms with van der Waals surface area (Å²) in [7, 11) is 0. The molecule has 1 saturated heterocycles. The second kappa shape index (κ2) is 7.84. The first kappa shape index (κ1) is 19.8. The van der Waals surface area contributed by atoms with E-state index in [0.29, 0.717) is 22.3 Å². The van der Waals surface area contributed by atoms with Crippen molar-refractivity contribution in [2.75, 3.05) is 13.1 Å². The first-order chi connectivity index (χ1) is 14.5. The first-order valence-corrected chi connectivity index (χ1v) is 11.6. The summed E-state index contributed by atoms with van der Waals surface area (Å²) in [5.74, 6) is 2.14. The number of nitrogens with one attached hydrogen (secondary N) is 1. The van der Waals surface area contributed by atoms with Crippen molar-refractivity contribution in [1.29, 1.82) is 0 Å². The molecule has 5 fully saturated rings. The van der Waals surface area contributed by atoms with Crippen molar-refractivity contribution in [3.05, 3.63) is 40.6 Å². The van der Waals surface area contributed by atoms with Crippen LogP contribution in [-0.4, -0.2) is 35.0 Å². The molecular weight excluding hydrogens is 403 g/mol. The van der Waals surface area contributed by atoms with E-state index in [4.69, 9.17) is 0 Å². The van der Waals surface area contributed by atoms with Crippen LogP contribution in [0, 0.1) is 35.4 Å². The van der Waals surface area contributed by atoms with Gasteiger partial charge in [-0.3, -0.25) is 19.3 Å². The van der Waals surface area contributed by atoms with Gasteiger partial charge in [0.05, 0.1) is 4.91 Å². The minimum absolute atomic E-state index is 0.0950. The highest BCUT2D eigenvalue weighted by Crippen LogP contribution is 2.56. The molecule has 4 bridgehead atoms. The lowest BCUT2D eigenvalue weighted by Crippen LogP contribution is -2.51. The molecular formula is C23H25FN2O3S. The largest absolute Gasteiger partial charge is 0.354 e. The van der Waals surface area contributed by atoms with Crippen LogP contribution in [0.2, 0.25) is 0 Å². The van der Waals surface area contributed by atoms with Crippen LogP contribution in [0.4, 0.5) is 9.18 Å². The predicted octanol–water partition coefficient (Wildman–Crippen LogP) is 4.05. The number of halogens is 1. The zero-order valence-corrected chi connectivity index (χ0v) is 17.5. The number of carbonyl (C=O) groups is 3. The van der Waals surface area contributed by atoms with Gasteiger partial charge in [0.2, 0.25) is 5.91 Å². The van der Waals surface area contributed by atoms with Crippen molar-refractivity contribution in [2.45, 2.75) is 32.1 Å². The minimum atomic E-state index is -0.363. The number of carbonyl (C=O) groups excluding carboxylic acids is 3. The highest BCUT2D eigenvalue weighted by molar-refractivity contribution is 8.18. The van der Waals surface area contributed by atoms with E-state index in [0.717, 1.165) is 23.6 Å². The van der Waals surface area contributed by atoms with Gasteiger partial charge in [0.15, 0.2) is 0 Å². The van der Waals surface area contributed by atoms with E-state index in [1.807, 2.05) is 0 Å². The molecule has 0 spiro atoms. The van der Waals surface area contributed by atoms with Gasteiger partial charge in [-0.05, 0) is 91.3 Å². The van der Waals surface area contributed by atoms with E-state index in [2.05, 4.69) is 5.32 Å². The number of imide groups is 1. The maximum Gasteiger partial charge on any atom is 0.293 e. The Balaban J connectivity index is 1.17. The Kier molecular flexibility index (Phi) is 5.17. The van der Waals surface area contributed by atoms with Gasteiger partial charge in [-0.25, -0.2) is 4.39 Å². The first-order valence-electron chi connectivity index (χ1n) is 10.8. The Hall–Kier alpha value is -2.15. The number of amides is 3. The monoisotopic (exact) mass is 428 g/mol. The molecule has 5 aliphatic rings. The van der Waals surface area contributed by atoms with Crippen molar-refractivity contribution < 1.29 is 18.8 Å². The summed E-state index contributed by atoms with van der Waals surface area (Å²) in [4.78, 5) is 39.2. The van der Waals surface area contributed by atoms with Gasteiger partial charge in [0, 0.05) is 19.0 Å². The van der Waals surface area contributed by atoms with Gasteiger partial charge in [-0.15, -0.1) is 0 Å². The average molecular weight is 429 g/mol. The molecule has 0 atom stereocenters. The van der Waals surface area contributed by atoms with Gasteiger partial charge in [-0.2, -0.15) is 0 Å². The number of benzene rings is 1. The molecule has 1 aliphatic heterocycles. The predicted molar refractivity (Wildman–Crippen MR) is 113 cm³/mol. The third-order valence-corrected chi connectivity index (χ3v) is 8.11. The van der Waals surface area contributed by atoms with Crippen LogP contribution in [0.5, 0.6) is 0 Å². The van der Waals surface area contributed by atoms with Crippen LogP contribution in [0.15, 0.2) is 29.2 Å². The second-order valence-corrected chi connectivity index (χ2v) is 10.1. The molecule has 0 radical (unpaired) electrons. The molecule has 4 saturated carbocycles. The molecule has 5 nitrogen and oxygen atoms in total. The highest BCUT2D eigenvalue weighted by atomic mass is 32.2. The summed E-state index contributed by atoms with van der Waals surface area (Å²) >= 11 is 0.878. The van der Waals surface area contributed by atoms with Crippen molar-refractivity contribution in [3.8, 4) is 0 Å². The Bertz CT molecular complexity index is 886. The minimum Gasteiger partial charge on any atom is -0.354 e. The fourth-order valence-electron chi connectivity index (χ4n) is 6.17. The molecule has 1 N–H and O–H groups in total. The molecule has 30 heavy (non-hydrogen) atoms. The second-order valence-electron chi connectivity index (χ2n) is 9.13. The van der Waals surface area contributed by atoms with Crippen molar-refractivity contribution in [3.63, 3.8) is 0 Å². The van der Waals surface area contributed by atoms with E-state index in [1.54, 1.807) is 18.2 Å². The molecule has 1 aromatic carbocycles. The van der Waals surface area contributed by atoms with E-state index < -0.39 is 0 Å². The third-order valence-electron chi connectivity index (χ3n) is 7.21. The quantitative estimate of drug-likeness (QED) is 0.719. The standard InChI is InChI=1S/C23H25FN2O3S/c24-18-3-1-13(2-4-18)12-19-22(28)26(23(29)30-19)6-5-25-21(27)20-16-8-14-7-15(10-16)11-17(20)9-14/h1-4,12,14-17,20H,5-11H2,(H,25,27)/b19-12+. The molecule has 0 unspecified atom stereocenters. The number of thioether (sulfide) groups is 1. The van der Waals surface area contributed by atoms with E-state index in [9.17, 15) is 18.8 Å². The smallest absolute Gasteiger partial charge is 0.293 e. The molecule has 1 heterocycles. The highest BCUT2D eigenvalue weighted by Gasteiger charge is 2.50. The Morgan fingerprint density at radius 1 is 1.07 bits per heavy atom. The Morgan fingerprint density at radius 2 is 1.70 bits per heavy atom. The molecule has 6 rings (SSSR count). The number of hydrogen-bond acceptors (Lipinski definition) is 4. The SMILES string of the molecule is O=C(NCCN1C(=O)S/C(=C/c2ccc(F)cc2)C1=O)C1C2CC3CC(C2)CC1C3. The molecule has 158 valence electrons. The third kappa shape index (κ3) is 3.68. The summed E-state index contributed by atoms with van der Waals surface area (Å²) in [5, 5.41) is 2.66. The summed E-state index contributed by atoms with van der Waals surface area (Å²) < 4.78 is 13.0. The number of hydrogen-bond donors (Lipinski definition) is 1. The molecule has 0 aromatic heterocycles. The van der Waals surface area contributed by atoms with Gasteiger partial charge in [0.1, 0.15) is 5.82 Å². The van der Waals surface area contributed by atoms with Crippen molar-refractivity contribution >= 4 is 34.9 Å². The van der Waals surface area contributed by atoms with Gasteiger partial charge >= 0.3 is 0 Å². The summed E-state index contributed by atoms with van der Waals surface area (Å²) in [6, 6.07) is 5.76. The van der Waals surface area contributed by atoms with Crippen molar-refractivity contribution in [1.82, 2.24) is 10.2 Å². The van der Waals surface area contributed by atoms with Crippen molar-refractivity contribution in [2.24, 2.45) is 29.6 Å². The van der Waals surface area contributed by atoms with Gasteiger partial charge in [-0.1, -0.05) is 12.1 Å². The van der Waals surface area contributed by atoms with Crippen LogP contribution in [0.25, 0.3) is 6.08 Å². The lowest BCUT2D eigenvalue weighted by Gasteiger charge is -2.53. The molecule has 1 aromatic rings. The van der Waals surface area contributed by atoms with Crippen LogP contribution in [0.3, 0.4) is 0 Å². The fourth-order valence-corrected chi connectivity index (χ4v) is 7.03. The maximum absolute atomic E-state index is 13.0. The van der Waals surface area contributed by atoms with Crippen LogP contribution < -0.4 is 5.32 Å². The zero-order chi connectivity index (χ0) is 20.8. The summed E-state index contributed by atoms with van der Waals surface area (Å²) in [5.41, 5.74) is 0.664. The van der Waals surface area contributed by atoms with E-state index in [1.165, 1.54) is 49.1 Å². The van der Waals surface area contributed by atoms with E-state index in [-0.39, 0.29) is 41.9 Å². The van der Waals surface area contributed by atoms with Crippen LogP contribution in [0.1, 0.15) is 37.7 Å². The van der Waals surface area contributed by atoms with Gasteiger partial charge < -0.3 is 5.32 Å². The van der Waals surface area contributed by atoms with Crippen LogP contribution in [-0.2, 0) is 9.59 Å². The summed E-state index contributed by atoms with van der Waals surface area (Å²) in [6.07, 6.45) is 7.68. The molecule has 7 heteroatoms. The van der Waals surface area contributed by atoms with Crippen LogP contribution >= 0.6 is 11.8 Å². The lowest BCUT2D eigenvalue weighted by atomic mass is 9.51. The number of rotatable bonds is 5. The normalized spacial score (nSPS) is 33.6. The fraction of sp³-hybridized carbons (Fsp3) is 0.522. The molecule has 3 amide bonds. The number of nitrogens with zero attached hydrogens (tertiary/aromatic N) is 1. The summed E-state index contributed by atoms with van der Waals surface area (Å²) in [6.45, 7) is 0.452. The zero-order valence-electron chi connectivity index (χ0n) is 16.7. The topological polar surface area (TPSA) is 66.5 Å².